The predicted molar refractivity (Wildman–Crippen MR) is 118 cm³/mol. The van der Waals surface area contributed by atoms with E-state index in [1.54, 1.807) is 12.1 Å². The first kappa shape index (κ1) is 20.2. The number of nitrogens with one attached hydrogen (secondary N) is 3. The lowest BCUT2D eigenvalue weighted by atomic mass is 10.0. The summed E-state index contributed by atoms with van der Waals surface area (Å²) in [6.45, 7) is 0. The number of hydrazine groups is 1. The maximum atomic E-state index is 12.2. The van der Waals surface area contributed by atoms with Crippen molar-refractivity contribution < 1.29 is 9.59 Å². The first-order chi connectivity index (χ1) is 14.1. The molecule has 3 N–H and O–H groups in total. The molecule has 0 unspecified atom stereocenters. The van der Waals surface area contributed by atoms with E-state index in [2.05, 4.69) is 16.2 Å². The van der Waals surface area contributed by atoms with Gasteiger partial charge in [-0.15, -0.1) is 0 Å². The third-order valence-electron chi connectivity index (χ3n) is 4.28. The third kappa shape index (κ3) is 6.26. The standard InChI is InChI=1S/C23H21N3O2S/c27-21(16-11-17-7-3-1-4-8-17)24-23(29)26-25-22(28)20-14-12-19(13-15-20)18-9-5-2-6-10-18/h1-10,12-15H,11,16H2,(H,25,28)(H2,24,26,27,29). The molecule has 0 aliphatic rings. The average molecular weight is 404 g/mol. The maximum Gasteiger partial charge on any atom is 0.269 e. The van der Waals surface area contributed by atoms with Crippen molar-refractivity contribution in [2.24, 2.45) is 0 Å². The van der Waals surface area contributed by atoms with E-state index in [0.717, 1.165) is 16.7 Å². The van der Waals surface area contributed by atoms with Gasteiger partial charge in [0.25, 0.3) is 5.91 Å². The summed E-state index contributed by atoms with van der Waals surface area (Å²) in [6.07, 6.45) is 0.927. The van der Waals surface area contributed by atoms with Gasteiger partial charge in [0, 0.05) is 12.0 Å². The molecule has 2 amide bonds. The van der Waals surface area contributed by atoms with Gasteiger partial charge in [-0.1, -0.05) is 72.8 Å². The SMILES string of the molecule is O=C(CCc1ccccc1)NC(=S)NNC(=O)c1ccc(-c2ccccc2)cc1. The number of aryl methyl sites for hydroxylation is 1. The zero-order chi connectivity index (χ0) is 20.5. The molecule has 146 valence electrons. The summed E-state index contributed by atoms with van der Waals surface area (Å²) in [4.78, 5) is 24.2. The Balaban J connectivity index is 1.43. The molecule has 0 aliphatic heterocycles. The number of hydrogen-bond acceptors (Lipinski definition) is 3. The molecule has 0 radical (unpaired) electrons. The van der Waals surface area contributed by atoms with Crippen molar-refractivity contribution in [2.75, 3.05) is 0 Å². The Morgan fingerprint density at radius 3 is 1.97 bits per heavy atom. The fourth-order valence-corrected chi connectivity index (χ4v) is 2.92. The van der Waals surface area contributed by atoms with Gasteiger partial charge in [0.05, 0.1) is 0 Å². The maximum absolute atomic E-state index is 12.2. The van der Waals surface area contributed by atoms with Crippen molar-refractivity contribution in [1.82, 2.24) is 16.2 Å². The number of thiocarbonyl (C=S) groups is 1. The molecule has 3 aromatic carbocycles. The Labute approximate surface area is 175 Å². The summed E-state index contributed by atoms with van der Waals surface area (Å²) in [5.74, 6) is -0.557. The zero-order valence-corrected chi connectivity index (χ0v) is 16.5. The van der Waals surface area contributed by atoms with E-state index in [9.17, 15) is 9.59 Å². The molecular formula is C23H21N3O2S. The second kappa shape index (κ2) is 10.1. The van der Waals surface area contributed by atoms with Crippen LogP contribution in [0.1, 0.15) is 22.3 Å². The number of carbonyl (C=O) groups is 2. The molecule has 0 aromatic heterocycles. The minimum absolute atomic E-state index is 0.0531. The molecule has 0 saturated carbocycles. The van der Waals surface area contributed by atoms with Gasteiger partial charge in [-0.2, -0.15) is 0 Å². The van der Waals surface area contributed by atoms with Crippen molar-refractivity contribution >= 4 is 29.1 Å². The van der Waals surface area contributed by atoms with E-state index in [-0.39, 0.29) is 16.9 Å². The van der Waals surface area contributed by atoms with Gasteiger partial charge >= 0.3 is 0 Å². The molecule has 0 fully saturated rings. The van der Waals surface area contributed by atoms with E-state index < -0.39 is 0 Å². The van der Waals surface area contributed by atoms with Gasteiger partial charge in [-0.3, -0.25) is 20.4 Å². The molecule has 3 rings (SSSR count). The molecule has 29 heavy (non-hydrogen) atoms. The normalized spacial score (nSPS) is 10.1. The van der Waals surface area contributed by atoms with E-state index >= 15 is 0 Å². The average Bonchev–Trinajstić information content (AvgIpc) is 2.77. The molecule has 3 aromatic rings. The molecule has 0 saturated heterocycles. The van der Waals surface area contributed by atoms with Crippen molar-refractivity contribution in [1.29, 1.82) is 0 Å². The van der Waals surface area contributed by atoms with Crippen molar-refractivity contribution in [3.63, 3.8) is 0 Å². The monoisotopic (exact) mass is 403 g/mol. The number of carbonyl (C=O) groups excluding carboxylic acids is 2. The lowest BCUT2D eigenvalue weighted by Gasteiger charge is -2.11. The van der Waals surface area contributed by atoms with Crippen molar-refractivity contribution in [3.05, 3.63) is 96.1 Å². The largest absolute Gasteiger partial charge is 0.302 e. The van der Waals surface area contributed by atoms with Gasteiger partial charge < -0.3 is 5.32 Å². The lowest BCUT2D eigenvalue weighted by Crippen LogP contribution is -2.48. The predicted octanol–water partition coefficient (Wildman–Crippen LogP) is 3.62. The van der Waals surface area contributed by atoms with E-state index in [1.807, 2.05) is 72.8 Å². The van der Waals surface area contributed by atoms with E-state index in [4.69, 9.17) is 12.2 Å². The summed E-state index contributed by atoms with van der Waals surface area (Å²) >= 11 is 5.06. The van der Waals surface area contributed by atoms with Crippen LogP contribution in [0.25, 0.3) is 11.1 Å². The summed E-state index contributed by atoms with van der Waals surface area (Å²) in [7, 11) is 0. The zero-order valence-electron chi connectivity index (χ0n) is 15.7. The van der Waals surface area contributed by atoms with Gasteiger partial charge in [-0.05, 0) is 47.5 Å². The second-order valence-electron chi connectivity index (χ2n) is 6.39. The first-order valence-corrected chi connectivity index (χ1v) is 9.62. The third-order valence-corrected chi connectivity index (χ3v) is 4.48. The molecule has 6 heteroatoms. The number of benzene rings is 3. The molecule has 0 heterocycles. The Morgan fingerprint density at radius 1 is 0.724 bits per heavy atom. The molecule has 0 atom stereocenters. The molecule has 0 bridgehead atoms. The van der Waals surface area contributed by atoms with E-state index in [1.165, 1.54) is 0 Å². The topological polar surface area (TPSA) is 70.2 Å². The fraction of sp³-hybridized carbons (Fsp3) is 0.0870. The highest BCUT2D eigenvalue weighted by Gasteiger charge is 2.08. The van der Waals surface area contributed by atoms with Crippen LogP contribution in [-0.2, 0) is 11.2 Å². The Kier molecular flexibility index (Phi) is 7.08. The van der Waals surface area contributed by atoms with Crippen LogP contribution in [0.15, 0.2) is 84.9 Å². The lowest BCUT2D eigenvalue weighted by molar-refractivity contribution is -0.119. The molecule has 0 spiro atoms. The van der Waals surface area contributed by atoms with Crippen LogP contribution < -0.4 is 16.2 Å². The quantitative estimate of drug-likeness (QED) is 0.450. The second-order valence-corrected chi connectivity index (χ2v) is 6.79. The first-order valence-electron chi connectivity index (χ1n) is 9.21. The Bertz CT molecular complexity index is 974. The highest BCUT2D eigenvalue weighted by molar-refractivity contribution is 7.80. The minimum Gasteiger partial charge on any atom is -0.302 e. The number of amides is 2. The highest BCUT2D eigenvalue weighted by Crippen LogP contribution is 2.19. The van der Waals surface area contributed by atoms with Crippen molar-refractivity contribution in [3.8, 4) is 11.1 Å². The number of rotatable bonds is 5. The fourth-order valence-electron chi connectivity index (χ4n) is 2.75. The molecule has 0 aliphatic carbocycles. The van der Waals surface area contributed by atoms with Gasteiger partial charge in [-0.25, -0.2) is 0 Å². The van der Waals surface area contributed by atoms with Crippen LogP contribution in [0, 0.1) is 0 Å². The van der Waals surface area contributed by atoms with Crippen molar-refractivity contribution in [2.45, 2.75) is 12.8 Å². The molecular weight excluding hydrogens is 382 g/mol. The van der Waals surface area contributed by atoms with Crippen LogP contribution in [0.2, 0.25) is 0 Å². The Morgan fingerprint density at radius 2 is 1.31 bits per heavy atom. The van der Waals surface area contributed by atoms with Gasteiger partial charge in [0.1, 0.15) is 0 Å². The van der Waals surface area contributed by atoms with Gasteiger partial charge in [0.15, 0.2) is 5.11 Å². The summed E-state index contributed by atoms with van der Waals surface area (Å²) in [5.41, 5.74) is 8.71. The minimum atomic E-state index is -0.342. The van der Waals surface area contributed by atoms with Crippen LogP contribution in [0.4, 0.5) is 0 Å². The number of hydrogen-bond donors (Lipinski definition) is 3. The summed E-state index contributed by atoms with van der Waals surface area (Å²) in [6, 6.07) is 26.9. The van der Waals surface area contributed by atoms with Crippen LogP contribution >= 0.6 is 12.2 Å². The van der Waals surface area contributed by atoms with Crippen LogP contribution in [0.5, 0.6) is 0 Å². The summed E-state index contributed by atoms with van der Waals surface area (Å²) in [5, 5.41) is 2.61. The smallest absolute Gasteiger partial charge is 0.269 e. The molecule has 5 nitrogen and oxygen atoms in total. The highest BCUT2D eigenvalue weighted by atomic mass is 32.1. The van der Waals surface area contributed by atoms with Crippen LogP contribution in [0.3, 0.4) is 0 Å². The van der Waals surface area contributed by atoms with Gasteiger partial charge in [0.2, 0.25) is 5.91 Å². The Hall–Kier alpha value is -3.51. The van der Waals surface area contributed by atoms with Crippen LogP contribution in [-0.4, -0.2) is 16.9 Å². The summed E-state index contributed by atoms with van der Waals surface area (Å²) < 4.78 is 0. The van der Waals surface area contributed by atoms with E-state index in [0.29, 0.717) is 18.4 Å².